The van der Waals surface area contributed by atoms with Gasteiger partial charge in [-0.1, -0.05) is 11.6 Å². The van der Waals surface area contributed by atoms with E-state index >= 15 is 0 Å². The zero-order valence-electron chi connectivity index (χ0n) is 11.1. The normalized spacial score (nSPS) is 20.6. The Labute approximate surface area is 125 Å². The molecule has 0 aromatic heterocycles. The number of carbonyl (C=O) groups is 1. The summed E-state index contributed by atoms with van der Waals surface area (Å²) in [6.45, 7) is 1.41. The van der Waals surface area contributed by atoms with Crippen LogP contribution < -0.4 is 16.4 Å². The highest BCUT2D eigenvalue weighted by molar-refractivity contribution is 6.39. The van der Waals surface area contributed by atoms with Crippen molar-refractivity contribution < 1.29 is 19.0 Å². The first-order chi connectivity index (χ1) is 10.0. The Morgan fingerprint density at radius 2 is 1.95 bits per heavy atom. The third-order valence-electron chi connectivity index (χ3n) is 2.89. The molecule has 0 atom stereocenters. The summed E-state index contributed by atoms with van der Waals surface area (Å²) >= 11 is 6.06. The van der Waals surface area contributed by atoms with E-state index in [-0.39, 0.29) is 28.5 Å². The molecule has 0 bridgehead atoms. The van der Waals surface area contributed by atoms with Gasteiger partial charge >= 0.3 is 0 Å². The van der Waals surface area contributed by atoms with Crippen molar-refractivity contribution in [1.82, 2.24) is 10.6 Å². The fraction of sp³-hybridized carbons (Fsp3) is 0.308. The van der Waals surface area contributed by atoms with Crippen LogP contribution in [0.15, 0.2) is 17.3 Å². The lowest BCUT2D eigenvalue weighted by Gasteiger charge is -2.16. The van der Waals surface area contributed by atoms with Crippen LogP contribution in [0.25, 0.3) is 5.57 Å². The summed E-state index contributed by atoms with van der Waals surface area (Å²) in [5.41, 5.74) is 5.37. The van der Waals surface area contributed by atoms with Gasteiger partial charge in [0.25, 0.3) is 5.91 Å². The van der Waals surface area contributed by atoms with E-state index in [9.17, 15) is 14.3 Å². The topological polar surface area (TPSA) is 96.6 Å². The van der Waals surface area contributed by atoms with Crippen molar-refractivity contribution in [3.05, 3.63) is 28.7 Å². The summed E-state index contributed by atoms with van der Waals surface area (Å²) in [5, 5.41) is 14.7. The van der Waals surface area contributed by atoms with Crippen molar-refractivity contribution in [3.8, 4) is 5.75 Å². The lowest BCUT2D eigenvalue weighted by Crippen LogP contribution is -2.32. The number of amides is 1. The quantitative estimate of drug-likeness (QED) is 0.348. The van der Waals surface area contributed by atoms with E-state index < -0.39 is 17.5 Å². The van der Waals surface area contributed by atoms with Gasteiger partial charge in [0, 0.05) is 24.7 Å². The fourth-order valence-electron chi connectivity index (χ4n) is 1.86. The number of nitrogens with two attached hydrogens (primary N) is 1. The van der Waals surface area contributed by atoms with E-state index in [1.807, 2.05) is 0 Å². The molecule has 6 nitrogen and oxygen atoms in total. The average Bonchev–Trinajstić information content (AvgIpc) is 2.43. The predicted molar refractivity (Wildman–Crippen MR) is 77.1 cm³/mol. The number of phenolic OH excluding ortho intramolecular Hbond substituents is 1. The average molecular weight is 316 g/mol. The van der Waals surface area contributed by atoms with Crippen LogP contribution in [-0.4, -0.2) is 37.3 Å². The molecule has 8 heteroatoms. The van der Waals surface area contributed by atoms with Gasteiger partial charge in [-0.05, 0) is 6.07 Å². The Morgan fingerprint density at radius 3 is 2.67 bits per heavy atom. The Morgan fingerprint density at radius 1 is 1.29 bits per heavy atom. The molecule has 1 aliphatic rings. The number of rotatable bonds is 1. The number of aromatic hydroxyl groups is 1. The second kappa shape index (κ2) is 6.64. The maximum atomic E-state index is 14.0. The molecular formula is C13H15ClFN3O3. The highest BCUT2D eigenvalue weighted by atomic mass is 35.5. The van der Waals surface area contributed by atoms with E-state index in [4.69, 9.17) is 22.1 Å². The number of anilines is 1. The minimum atomic E-state index is -0.792. The second-order valence-corrected chi connectivity index (χ2v) is 4.75. The van der Waals surface area contributed by atoms with E-state index in [0.717, 1.165) is 6.07 Å². The van der Waals surface area contributed by atoms with E-state index in [0.29, 0.717) is 19.8 Å². The Kier molecular flexibility index (Phi) is 4.87. The number of hydrogen-bond acceptors (Lipinski definition) is 5. The number of halogens is 2. The van der Waals surface area contributed by atoms with Crippen LogP contribution in [0.2, 0.25) is 0 Å². The molecule has 1 amide bonds. The monoisotopic (exact) mass is 315 g/mol. The minimum absolute atomic E-state index is 0.0120. The Hall–Kier alpha value is -1.99. The number of nitrogens with one attached hydrogen (secondary N) is 2. The van der Waals surface area contributed by atoms with Gasteiger partial charge in [0.2, 0.25) is 0 Å². The van der Waals surface area contributed by atoms with Gasteiger partial charge in [0.05, 0.1) is 24.5 Å². The SMILES string of the molecule is Nc1cc(/C2=C(\Cl)NCCOCCNC2=O)c(F)cc1O. The first kappa shape index (κ1) is 15.4. The zero-order valence-corrected chi connectivity index (χ0v) is 11.8. The van der Waals surface area contributed by atoms with Crippen molar-refractivity contribution in [3.63, 3.8) is 0 Å². The van der Waals surface area contributed by atoms with Crippen LogP contribution in [0.3, 0.4) is 0 Å². The Balaban J connectivity index is 2.49. The van der Waals surface area contributed by atoms with Crippen LogP contribution in [0.5, 0.6) is 5.75 Å². The molecule has 21 heavy (non-hydrogen) atoms. The van der Waals surface area contributed by atoms with E-state index in [1.54, 1.807) is 0 Å². The maximum absolute atomic E-state index is 14.0. The number of phenols is 1. The summed E-state index contributed by atoms with van der Waals surface area (Å²) in [6, 6.07) is 2.02. The molecule has 1 heterocycles. The molecule has 2 rings (SSSR count). The molecule has 1 aromatic carbocycles. The second-order valence-electron chi connectivity index (χ2n) is 4.37. The summed E-state index contributed by atoms with van der Waals surface area (Å²) < 4.78 is 19.3. The zero-order chi connectivity index (χ0) is 15.4. The van der Waals surface area contributed by atoms with Gasteiger partial charge in [-0.3, -0.25) is 4.79 Å². The summed E-state index contributed by atoms with van der Waals surface area (Å²) in [7, 11) is 0. The summed E-state index contributed by atoms with van der Waals surface area (Å²) in [5.74, 6) is -1.74. The molecule has 0 radical (unpaired) electrons. The molecule has 0 saturated carbocycles. The van der Waals surface area contributed by atoms with Crippen LogP contribution >= 0.6 is 11.6 Å². The minimum Gasteiger partial charge on any atom is -0.506 e. The van der Waals surface area contributed by atoms with Crippen molar-refractivity contribution in [2.45, 2.75) is 0 Å². The molecule has 0 saturated heterocycles. The smallest absolute Gasteiger partial charge is 0.255 e. The first-order valence-corrected chi connectivity index (χ1v) is 6.66. The van der Waals surface area contributed by atoms with Gasteiger partial charge in [-0.2, -0.15) is 0 Å². The standard InChI is InChI=1S/C13H15ClFN3O3/c14-12-11(7-5-9(16)10(19)6-8(7)15)13(20)18-2-4-21-3-1-17-12/h5-6,17,19H,1-4,16H2,(H,18,20)/b12-11-. The lowest BCUT2D eigenvalue weighted by atomic mass is 10.0. The summed E-state index contributed by atoms with van der Waals surface area (Å²) in [6.07, 6.45) is 0. The van der Waals surface area contributed by atoms with Gasteiger partial charge in [-0.15, -0.1) is 0 Å². The highest BCUT2D eigenvalue weighted by Gasteiger charge is 2.22. The first-order valence-electron chi connectivity index (χ1n) is 6.28. The molecule has 114 valence electrons. The number of nitrogen functional groups attached to an aromatic ring is 1. The number of carbonyl (C=O) groups excluding carboxylic acids is 1. The maximum Gasteiger partial charge on any atom is 0.255 e. The third-order valence-corrected chi connectivity index (χ3v) is 3.21. The Bertz CT molecular complexity index is 592. The molecular weight excluding hydrogens is 301 g/mol. The molecule has 0 spiro atoms. The fourth-order valence-corrected chi connectivity index (χ4v) is 2.14. The van der Waals surface area contributed by atoms with Crippen molar-refractivity contribution in [2.24, 2.45) is 0 Å². The lowest BCUT2D eigenvalue weighted by molar-refractivity contribution is -0.115. The van der Waals surface area contributed by atoms with Gasteiger partial charge < -0.3 is 26.2 Å². The highest BCUT2D eigenvalue weighted by Crippen LogP contribution is 2.30. The van der Waals surface area contributed by atoms with Gasteiger partial charge in [0.15, 0.2) is 0 Å². The van der Waals surface area contributed by atoms with E-state index in [1.165, 1.54) is 6.07 Å². The molecule has 0 fully saturated rings. The molecule has 1 aliphatic heterocycles. The van der Waals surface area contributed by atoms with Crippen molar-refractivity contribution in [2.75, 3.05) is 32.0 Å². The van der Waals surface area contributed by atoms with Gasteiger partial charge in [0.1, 0.15) is 16.7 Å². The third kappa shape index (κ3) is 3.56. The number of hydrogen-bond donors (Lipinski definition) is 4. The van der Waals surface area contributed by atoms with Gasteiger partial charge in [-0.25, -0.2) is 4.39 Å². The van der Waals surface area contributed by atoms with Crippen LogP contribution in [0.4, 0.5) is 10.1 Å². The van der Waals surface area contributed by atoms with Crippen LogP contribution in [-0.2, 0) is 9.53 Å². The van der Waals surface area contributed by atoms with E-state index in [2.05, 4.69) is 10.6 Å². The molecule has 0 unspecified atom stereocenters. The molecule has 5 N–H and O–H groups in total. The molecule has 1 aromatic rings. The van der Waals surface area contributed by atoms with Crippen LogP contribution in [0.1, 0.15) is 5.56 Å². The predicted octanol–water partition coefficient (Wildman–Crippen LogP) is 0.757. The molecule has 0 aliphatic carbocycles. The number of ether oxygens (including phenoxy) is 1. The summed E-state index contributed by atoms with van der Waals surface area (Å²) in [4.78, 5) is 12.2. The number of benzene rings is 1. The van der Waals surface area contributed by atoms with Crippen LogP contribution in [0, 0.1) is 5.82 Å². The van der Waals surface area contributed by atoms with Crippen molar-refractivity contribution in [1.29, 1.82) is 0 Å². The largest absolute Gasteiger partial charge is 0.506 e. The van der Waals surface area contributed by atoms with Crippen molar-refractivity contribution >= 4 is 28.8 Å².